The van der Waals surface area contributed by atoms with Crippen molar-refractivity contribution in [3.63, 3.8) is 0 Å². The number of hydrogen-bond acceptors (Lipinski definition) is 3. The fraction of sp³-hybridized carbons (Fsp3) is 0.500. The number of piperidine rings is 1. The predicted molar refractivity (Wildman–Crippen MR) is 86.1 cm³/mol. The Kier molecular flexibility index (Phi) is 3.62. The minimum absolute atomic E-state index is 0.476. The van der Waals surface area contributed by atoms with E-state index in [1.54, 1.807) is 0 Å². The van der Waals surface area contributed by atoms with Crippen LogP contribution in [-0.2, 0) is 6.42 Å². The van der Waals surface area contributed by atoms with Gasteiger partial charge in [-0.3, -0.25) is 9.58 Å². The fourth-order valence-corrected chi connectivity index (χ4v) is 3.71. The van der Waals surface area contributed by atoms with Crippen LogP contribution in [0.5, 0.6) is 5.75 Å². The first-order valence-electron chi connectivity index (χ1n) is 8.30. The first kappa shape index (κ1) is 13.8. The maximum Gasteiger partial charge on any atom is 0.122 e. The third kappa shape index (κ3) is 2.52. The van der Waals surface area contributed by atoms with Crippen LogP contribution in [0.15, 0.2) is 36.7 Å². The van der Waals surface area contributed by atoms with Crippen LogP contribution < -0.4 is 4.74 Å². The van der Waals surface area contributed by atoms with Crippen molar-refractivity contribution in [1.82, 2.24) is 14.7 Å². The highest BCUT2D eigenvalue weighted by molar-refractivity contribution is 5.40. The van der Waals surface area contributed by atoms with Gasteiger partial charge in [-0.05, 0) is 43.0 Å². The lowest BCUT2D eigenvalue weighted by atomic mass is 9.98. The number of hydrogen-bond donors (Lipinski definition) is 0. The molecule has 3 heterocycles. The van der Waals surface area contributed by atoms with Crippen molar-refractivity contribution in [2.24, 2.45) is 0 Å². The molecule has 0 spiro atoms. The van der Waals surface area contributed by atoms with Crippen molar-refractivity contribution in [2.45, 2.75) is 38.3 Å². The lowest BCUT2D eigenvalue weighted by Gasteiger charge is -2.36. The third-order valence-electron chi connectivity index (χ3n) is 5.14. The van der Waals surface area contributed by atoms with E-state index in [1.165, 1.54) is 24.0 Å². The Morgan fingerprint density at radius 1 is 1.27 bits per heavy atom. The number of aromatic nitrogens is 2. The van der Waals surface area contributed by atoms with E-state index in [0.29, 0.717) is 12.1 Å². The van der Waals surface area contributed by atoms with Gasteiger partial charge >= 0.3 is 0 Å². The zero-order chi connectivity index (χ0) is 14.9. The monoisotopic (exact) mass is 297 g/mol. The van der Waals surface area contributed by atoms with Crippen LogP contribution in [0.2, 0.25) is 0 Å². The number of nitrogens with zero attached hydrogens (tertiary/aromatic N) is 3. The van der Waals surface area contributed by atoms with Gasteiger partial charge in [-0.25, -0.2) is 0 Å². The van der Waals surface area contributed by atoms with Gasteiger partial charge in [-0.1, -0.05) is 12.1 Å². The van der Waals surface area contributed by atoms with Crippen LogP contribution in [0.3, 0.4) is 0 Å². The van der Waals surface area contributed by atoms with Gasteiger partial charge in [0.25, 0.3) is 0 Å². The second-order valence-corrected chi connectivity index (χ2v) is 6.39. The maximum atomic E-state index is 5.61. The quantitative estimate of drug-likeness (QED) is 0.871. The Morgan fingerprint density at radius 2 is 2.14 bits per heavy atom. The standard InChI is InChI=1S/C18H23N3O/c1-14(15-3-4-18-16(13-15)7-12-22-18)20-10-5-17(6-11-20)21-9-2-8-19-21/h2-4,8-9,13-14,17H,5-7,10-12H2,1H3. The van der Waals surface area contributed by atoms with Crippen LogP contribution in [0.25, 0.3) is 0 Å². The Bertz CT molecular complexity index is 630. The first-order valence-corrected chi connectivity index (χ1v) is 8.30. The van der Waals surface area contributed by atoms with E-state index >= 15 is 0 Å². The smallest absolute Gasteiger partial charge is 0.122 e. The zero-order valence-electron chi connectivity index (χ0n) is 13.1. The average Bonchev–Trinajstić information content (AvgIpc) is 3.25. The molecule has 1 saturated heterocycles. The molecule has 2 aliphatic heterocycles. The Balaban J connectivity index is 1.42. The first-order chi connectivity index (χ1) is 10.8. The van der Waals surface area contributed by atoms with Crippen molar-refractivity contribution < 1.29 is 4.74 Å². The molecule has 0 saturated carbocycles. The minimum Gasteiger partial charge on any atom is -0.493 e. The molecule has 22 heavy (non-hydrogen) atoms. The van der Waals surface area contributed by atoms with E-state index in [9.17, 15) is 0 Å². The molecule has 0 amide bonds. The molecule has 0 N–H and O–H groups in total. The van der Waals surface area contributed by atoms with Crippen molar-refractivity contribution in [3.8, 4) is 5.75 Å². The van der Waals surface area contributed by atoms with E-state index in [1.807, 2.05) is 12.3 Å². The summed E-state index contributed by atoms with van der Waals surface area (Å²) in [6.45, 7) is 5.44. The molecule has 2 aromatic rings. The van der Waals surface area contributed by atoms with Crippen LogP contribution in [0, 0.1) is 0 Å². The van der Waals surface area contributed by atoms with Crippen LogP contribution in [0.1, 0.15) is 43.0 Å². The second kappa shape index (κ2) is 5.76. The SMILES string of the molecule is CC(c1ccc2c(c1)CCO2)N1CCC(n2cccn2)CC1. The van der Waals surface area contributed by atoms with Crippen LogP contribution in [0.4, 0.5) is 0 Å². The molecule has 4 heteroatoms. The van der Waals surface area contributed by atoms with Crippen LogP contribution in [-0.4, -0.2) is 34.4 Å². The lowest BCUT2D eigenvalue weighted by Crippen LogP contribution is -2.36. The predicted octanol–water partition coefficient (Wildman–Crippen LogP) is 3.22. The topological polar surface area (TPSA) is 30.3 Å². The molecular formula is C18H23N3O. The summed E-state index contributed by atoms with van der Waals surface area (Å²) in [6, 6.07) is 9.77. The second-order valence-electron chi connectivity index (χ2n) is 6.39. The van der Waals surface area contributed by atoms with Crippen molar-refractivity contribution in [1.29, 1.82) is 0 Å². The van der Waals surface area contributed by atoms with Gasteiger partial charge in [0.1, 0.15) is 5.75 Å². The van der Waals surface area contributed by atoms with Crippen molar-refractivity contribution >= 4 is 0 Å². The molecule has 1 aromatic carbocycles. The van der Waals surface area contributed by atoms with E-state index < -0.39 is 0 Å². The van der Waals surface area contributed by atoms with Crippen LogP contribution >= 0.6 is 0 Å². The van der Waals surface area contributed by atoms with Gasteiger partial charge in [0.15, 0.2) is 0 Å². The molecule has 0 bridgehead atoms. The molecule has 4 nitrogen and oxygen atoms in total. The van der Waals surface area contributed by atoms with Crippen molar-refractivity contribution in [2.75, 3.05) is 19.7 Å². The lowest BCUT2D eigenvalue weighted by molar-refractivity contribution is 0.139. The summed E-state index contributed by atoms with van der Waals surface area (Å²) in [5.41, 5.74) is 2.79. The van der Waals surface area contributed by atoms with E-state index in [2.05, 4.69) is 46.0 Å². The van der Waals surface area contributed by atoms with E-state index in [4.69, 9.17) is 4.74 Å². The number of rotatable bonds is 3. The molecule has 1 unspecified atom stereocenters. The summed E-state index contributed by atoms with van der Waals surface area (Å²) in [7, 11) is 0. The summed E-state index contributed by atoms with van der Waals surface area (Å²) in [6.07, 6.45) is 7.38. The molecule has 1 aromatic heterocycles. The molecular weight excluding hydrogens is 274 g/mol. The largest absolute Gasteiger partial charge is 0.493 e. The zero-order valence-corrected chi connectivity index (χ0v) is 13.1. The highest BCUT2D eigenvalue weighted by Crippen LogP contribution is 2.32. The van der Waals surface area contributed by atoms with Gasteiger partial charge in [0, 0.05) is 37.9 Å². The Morgan fingerprint density at radius 3 is 2.91 bits per heavy atom. The summed E-state index contributed by atoms with van der Waals surface area (Å²) < 4.78 is 7.73. The highest BCUT2D eigenvalue weighted by atomic mass is 16.5. The van der Waals surface area contributed by atoms with Gasteiger partial charge in [-0.15, -0.1) is 0 Å². The third-order valence-corrected chi connectivity index (χ3v) is 5.14. The number of fused-ring (bicyclic) bond motifs is 1. The number of ether oxygens (including phenoxy) is 1. The van der Waals surface area contributed by atoms with E-state index in [0.717, 1.165) is 31.9 Å². The molecule has 0 aliphatic carbocycles. The average molecular weight is 297 g/mol. The fourth-order valence-electron chi connectivity index (χ4n) is 3.71. The minimum atomic E-state index is 0.476. The molecule has 4 rings (SSSR count). The molecule has 1 fully saturated rings. The maximum absolute atomic E-state index is 5.61. The summed E-state index contributed by atoms with van der Waals surface area (Å²) >= 11 is 0. The summed E-state index contributed by atoms with van der Waals surface area (Å²) in [5, 5.41) is 4.39. The number of likely N-dealkylation sites (tertiary alicyclic amines) is 1. The summed E-state index contributed by atoms with van der Waals surface area (Å²) in [5.74, 6) is 1.08. The molecule has 116 valence electrons. The highest BCUT2D eigenvalue weighted by Gasteiger charge is 2.25. The molecule has 2 aliphatic rings. The Labute approximate surface area is 131 Å². The molecule has 0 radical (unpaired) electrons. The van der Waals surface area contributed by atoms with Gasteiger partial charge in [0.2, 0.25) is 0 Å². The Hall–Kier alpha value is -1.81. The van der Waals surface area contributed by atoms with Gasteiger partial charge in [-0.2, -0.15) is 5.10 Å². The van der Waals surface area contributed by atoms with Crippen molar-refractivity contribution in [3.05, 3.63) is 47.8 Å². The normalized spacial score (nSPS) is 20.6. The van der Waals surface area contributed by atoms with E-state index in [-0.39, 0.29) is 0 Å². The van der Waals surface area contributed by atoms with Gasteiger partial charge < -0.3 is 4.74 Å². The molecule has 1 atom stereocenters. The van der Waals surface area contributed by atoms with Gasteiger partial charge in [0.05, 0.1) is 12.6 Å². The summed E-state index contributed by atoms with van der Waals surface area (Å²) in [4.78, 5) is 2.59. The number of benzene rings is 1.